The number of amides is 1. The number of carbonyl (C=O) groups excluding carboxylic acids is 1. The Labute approximate surface area is 133 Å². The number of nitrogens with one attached hydrogen (secondary N) is 1. The molecule has 1 aliphatic rings. The van der Waals surface area contributed by atoms with Gasteiger partial charge in [0.05, 0.1) is 17.9 Å². The highest BCUT2D eigenvalue weighted by molar-refractivity contribution is 5.92. The maximum absolute atomic E-state index is 14.2. The summed E-state index contributed by atoms with van der Waals surface area (Å²) in [5, 5.41) is 2.59. The van der Waals surface area contributed by atoms with Crippen LogP contribution < -0.4 is 10.9 Å². The van der Waals surface area contributed by atoms with Gasteiger partial charge >= 0.3 is 0 Å². The number of carbonyl (C=O) groups is 1. The number of pyridine rings is 1. The molecule has 1 N–H and O–H groups in total. The molecule has 0 bridgehead atoms. The number of halogens is 1. The molecule has 2 heterocycles. The molecule has 3 rings (SSSR count). The van der Waals surface area contributed by atoms with Crippen LogP contribution in [0, 0.1) is 5.82 Å². The first-order valence-corrected chi connectivity index (χ1v) is 7.63. The van der Waals surface area contributed by atoms with Gasteiger partial charge in [0.25, 0.3) is 5.56 Å². The molecule has 1 aromatic carbocycles. The maximum Gasteiger partial charge on any atom is 0.255 e. The van der Waals surface area contributed by atoms with Gasteiger partial charge in [-0.2, -0.15) is 0 Å². The Morgan fingerprint density at radius 3 is 2.65 bits per heavy atom. The van der Waals surface area contributed by atoms with E-state index in [9.17, 15) is 14.0 Å². The van der Waals surface area contributed by atoms with Gasteiger partial charge in [-0.05, 0) is 44.1 Å². The molecule has 23 heavy (non-hydrogen) atoms. The Morgan fingerprint density at radius 2 is 1.96 bits per heavy atom. The van der Waals surface area contributed by atoms with Crippen LogP contribution in [0.1, 0.15) is 12.8 Å². The van der Waals surface area contributed by atoms with E-state index in [-0.39, 0.29) is 23.7 Å². The predicted octanol–water partition coefficient (Wildman–Crippen LogP) is 2.01. The number of hydrogen-bond donors (Lipinski definition) is 1. The topological polar surface area (TPSA) is 54.3 Å². The Morgan fingerprint density at radius 1 is 1.17 bits per heavy atom. The van der Waals surface area contributed by atoms with E-state index in [1.165, 1.54) is 22.8 Å². The molecule has 0 saturated carbocycles. The second kappa shape index (κ2) is 6.75. The van der Waals surface area contributed by atoms with E-state index in [0.717, 1.165) is 25.9 Å². The summed E-state index contributed by atoms with van der Waals surface area (Å²) in [6.07, 6.45) is 3.77. The number of hydrogen-bond acceptors (Lipinski definition) is 3. The lowest BCUT2D eigenvalue weighted by Gasteiger charge is -2.14. The smallest absolute Gasteiger partial charge is 0.255 e. The van der Waals surface area contributed by atoms with Gasteiger partial charge in [0.1, 0.15) is 5.82 Å². The zero-order valence-electron chi connectivity index (χ0n) is 12.7. The van der Waals surface area contributed by atoms with E-state index in [1.807, 2.05) is 4.90 Å². The lowest BCUT2D eigenvalue weighted by atomic mass is 10.2. The third kappa shape index (κ3) is 3.65. The Balaban J connectivity index is 1.73. The van der Waals surface area contributed by atoms with Gasteiger partial charge in [-0.25, -0.2) is 4.39 Å². The predicted molar refractivity (Wildman–Crippen MR) is 86.3 cm³/mol. The molecule has 0 aliphatic carbocycles. The first kappa shape index (κ1) is 15.4. The fourth-order valence-electron chi connectivity index (χ4n) is 2.73. The van der Waals surface area contributed by atoms with Crippen LogP contribution in [-0.4, -0.2) is 35.0 Å². The fraction of sp³-hybridized carbons (Fsp3) is 0.294. The zero-order valence-corrected chi connectivity index (χ0v) is 12.7. The number of likely N-dealkylation sites (tertiary alicyclic amines) is 1. The molecular formula is C17H18FN3O2. The van der Waals surface area contributed by atoms with Crippen LogP contribution >= 0.6 is 0 Å². The second-order valence-corrected chi connectivity index (χ2v) is 5.60. The number of nitrogens with zero attached hydrogens (tertiary/aromatic N) is 2. The fourth-order valence-corrected chi connectivity index (χ4v) is 2.73. The van der Waals surface area contributed by atoms with Gasteiger partial charge in [-0.1, -0.05) is 6.07 Å². The minimum Gasteiger partial charge on any atom is -0.322 e. The van der Waals surface area contributed by atoms with Crippen LogP contribution in [-0.2, 0) is 4.79 Å². The third-order valence-corrected chi connectivity index (χ3v) is 3.89. The van der Waals surface area contributed by atoms with Crippen LogP contribution in [0.25, 0.3) is 5.69 Å². The molecule has 1 aliphatic heterocycles. The van der Waals surface area contributed by atoms with Crippen molar-refractivity contribution in [1.29, 1.82) is 0 Å². The zero-order chi connectivity index (χ0) is 16.2. The molecular weight excluding hydrogens is 297 g/mol. The first-order valence-electron chi connectivity index (χ1n) is 7.63. The summed E-state index contributed by atoms with van der Waals surface area (Å²) in [7, 11) is 0. The number of aromatic nitrogens is 1. The average molecular weight is 315 g/mol. The molecule has 1 aromatic heterocycles. The minimum absolute atomic E-state index is 0.127. The highest BCUT2D eigenvalue weighted by Gasteiger charge is 2.16. The SMILES string of the molecule is O=C(CN1CCCC1)Nc1ccc(-n2ccccc2=O)cc1F. The summed E-state index contributed by atoms with van der Waals surface area (Å²) in [6.45, 7) is 2.09. The van der Waals surface area contributed by atoms with Crippen LogP contribution in [0.5, 0.6) is 0 Å². The van der Waals surface area contributed by atoms with Crippen LogP contribution in [0.15, 0.2) is 47.4 Å². The van der Waals surface area contributed by atoms with Crippen molar-refractivity contribution < 1.29 is 9.18 Å². The van der Waals surface area contributed by atoms with Gasteiger partial charge in [-0.15, -0.1) is 0 Å². The largest absolute Gasteiger partial charge is 0.322 e. The van der Waals surface area contributed by atoms with Crippen LogP contribution in [0.2, 0.25) is 0 Å². The Bertz CT molecular complexity index is 766. The molecule has 120 valence electrons. The third-order valence-electron chi connectivity index (χ3n) is 3.89. The van der Waals surface area contributed by atoms with Crippen molar-refractivity contribution in [3.8, 4) is 5.69 Å². The molecule has 1 saturated heterocycles. The van der Waals surface area contributed by atoms with E-state index in [1.54, 1.807) is 24.4 Å². The summed E-state index contributed by atoms with van der Waals surface area (Å²) in [5.41, 5.74) is 0.310. The van der Waals surface area contributed by atoms with Gasteiger partial charge in [-0.3, -0.25) is 19.1 Å². The van der Waals surface area contributed by atoms with Gasteiger partial charge in [0.15, 0.2) is 0 Å². The molecule has 2 aromatic rings. The highest BCUT2D eigenvalue weighted by Crippen LogP contribution is 2.18. The summed E-state index contributed by atoms with van der Waals surface area (Å²) < 4.78 is 15.5. The molecule has 0 spiro atoms. The minimum atomic E-state index is -0.562. The first-order chi connectivity index (χ1) is 11.1. The van der Waals surface area contributed by atoms with Crippen molar-refractivity contribution in [3.63, 3.8) is 0 Å². The average Bonchev–Trinajstić information content (AvgIpc) is 3.03. The van der Waals surface area contributed by atoms with E-state index in [0.29, 0.717) is 5.69 Å². The second-order valence-electron chi connectivity index (χ2n) is 5.60. The van der Waals surface area contributed by atoms with E-state index < -0.39 is 5.82 Å². The maximum atomic E-state index is 14.2. The van der Waals surface area contributed by atoms with Gasteiger partial charge < -0.3 is 5.32 Å². The lowest BCUT2D eigenvalue weighted by Crippen LogP contribution is -2.31. The Kier molecular flexibility index (Phi) is 4.52. The standard InChI is InChI=1S/C17H18FN3O2/c18-14-11-13(21-10-2-1-5-17(21)23)6-7-15(14)19-16(22)12-20-8-3-4-9-20/h1-2,5-7,10-11H,3-4,8-9,12H2,(H,19,22). The Hall–Kier alpha value is -2.47. The van der Waals surface area contributed by atoms with Crippen molar-refractivity contribution in [2.24, 2.45) is 0 Å². The van der Waals surface area contributed by atoms with Crippen LogP contribution in [0.3, 0.4) is 0 Å². The van der Waals surface area contributed by atoms with E-state index in [4.69, 9.17) is 0 Å². The normalized spacial score (nSPS) is 14.8. The van der Waals surface area contributed by atoms with Crippen LogP contribution in [0.4, 0.5) is 10.1 Å². The quantitative estimate of drug-likeness (QED) is 0.939. The van der Waals surface area contributed by atoms with E-state index in [2.05, 4.69) is 5.32 Å². The van der Waals surface area contributed by atoms with Gasteiger partial charge in [0.2, 0.25) is 5.91 Å². The highest BCUT2D eigenvalue weighted by atomic mass is 19.1. The summed E-state index contributed by atoms with van der Waals surface area (Å²) in [5.74, 6) is -0.788. The van der Waals surface area contributed by atoms with Crippen molar-refractivity contribution in [1.82, 2.24) is 9.47 Å². The summed E-state index contributed by atoms with van der Waals surface area (Å²) >= 11 is 0. The number of rotatable bonds is 4. The number of benzene rings is 1. The molecule has 5 nitrogen and oxygen atoms in total. The molecule has 1 fully saturated rings. The number of anilines is 1. The van der Waals surface area contributed by atoms with Crippen molar-refractivity contribution in [2.75, 3.05) is 25.0 Å². The van der Waals surface area contributed by atoms with Crippen molar-refractivity contribution >= 4 is 11.6 Å². The van der Waals surface area contributed by atoms with Gasteiger partial charge in [0, 0.05) is 18.3 Å². The molecule has 0 unspecified atom stereocenters. The monoisotopic (exact) mass is 315 g/mol. The molecule has 0 atom stereocenters. The summed E-state index contributed by atoms with van der Waals surface area (Å²) in [6, 6.07) is 9.06. The molecule has 0 radical (unpaired) electrons. The summed E-state index contributed by atoms with van der Waals surface area (Å²) in [4.78, 5) is 25.8. The molecule has 6 heteroatoms. The lowest BCUT2D eigenvalue weighted by molar-refractivity contribution is -0.117. The van der Waals surface area contributed by atoms with Crippen molar-refractivity contribution in [3.05, 3.63) is 58.8 Å². The molecule has 1 amide bonds. The van der Waals surface area contributed by atoms with Crippen molar-refractivity contribution in [2.45, 2.75) is 12.8 Å². The van der Waals surface area contributed by atoms with E-state index >= 15 is 0 Å².